The normalized spacial score (nSPS) is 11.7. The van der Waals surface area contributed by atoms with Gasteiger partial charge in [0.2, 0.25) is 5.13 Å². The molecule has 0 amide bonds. The molecule has 2 aromatic carbocycles. The van der Waals surface area contributed by atoms with Crippen LogP contribution in [0.5, 0.6) is 11.5 Å². The van der Waals surface area contributed by atoms with Gasteiger partial charge in [0.25, 0.3) is 0 Å². The van der Waals surface area contributed by atoms with Gasteiger partial charge < -0.3 is 9.84 Å². The van der Waals surface area contributed by atoms with Crippen LogP contribution in [0.25, 0.3) is 17.3 Å². The highest BCUT2D eigenvalue weighted by Crippen LogP contribution is 2.27. The summed E-state index contributed by atoms with van der Waals surface area (Å²) in [6, 6.07) is 12.7. The van der Waals surface area contributed by atoms with Crippen LogP contribution >= 0.6 is 22.9 Å². The molecule has 0 aliphatic rings. The van der Waals surface area contributed by atoms with Gasteiger partial charge in [-0.05, 0) is 42.8 Å². The van der Waals surface area contributed by atoms with Gasteiger partial charge in [-0.15, -0.1) is 11.3 Å². The summed E-state index contributed by atoms with van der Waals surface area (Å²) in [4.78, 5) is 4.52. The van der Waals surface area contributed by atoms with E-state index in [2.05, 4.69) is 15.5 Å². The number of phenolic OH excluding ortho intramolecular Hbond substituents is 1. The number of phenols is 1. The molecule has 0 aliphatic heterocycles. The number of thiazole rings is 1. The minimum absolute atomic E-state index is 0.113. The molecule has 27 heavy (non-hydrogen) atoms. The zero-order valence-electron chi connectivity index (χ0n) is 14.8. The zero-order chi connectivity index (χ0) is 19.2. The fourth-order valence-corrected chi connectivity index (χ4v) is 3.05. The van der Waals surface area contributed by atoms with Crippen LogP contribution in [-0.2, 0) is 0 Å². The van der Waals surface area contributed by atoms with E-state index in [0.717, 1.165) is 22.5 Å². The number of halogens is 1. The maximum Gasteiger partial charge on any atom is 0.203 e. The van der Waals surface area contributed by atoms with Crippen LogP contribution in [0.1, 0.15) is 12.5 Å². The van der Waals surface area contributed by atoms with Gasteiger partial charge in [0.05, 0.1) is 18.5 Å². The quantitative estimate of drug-likeness (QED) is 0.413. The number of ether oxygens (including phenoxy) is 1. The van der Waals surface area contributed by atoms with Crippen LogP contribution in [0.2, 0.25) is 5.02 Å². The van der Waals surface area contributed by atoms with Crippen LogP contribution in [-0.4, -0.2) is 22.9 Å². The molecular weight excluding hydrogens is 382 g/mol. The number of nitrogens with one attached hydrogen (secondary N) is 1. The van der Waals surface area contributed by atoms with Crippen molar-refractivity contribution >= 4 is 39.9 Å². The van der Waals surface area contributed by atoms with Crippen molar-refractivity contribution < 1.29 is 9.84 Å². The fraction of sp³-hybridized carbons (Fsp3) is 0.100. The van der Waals surface area contributed by atoms with Crippen molar-refractivity contribution in [3.8, 4) is 22.8 Å². The molecular formula is C20H18ClN3O2S. The van der Waals surface area contributed by atoms with Crippen LogP contribution in [0, 0.1) is 0 Å². The lowest BCUT2D eigenvalue weighted by molar-refractivity contribution is 0.373. The highest BCUT2D eigenvalue weighted by atomic mass is 35.5. The number of hydrogen-bond acceptors (Lipinski definition) is 6. The third kappa shape index (κ3) is 5.09. The number of methoxy groups -OCH3 is 1. The first kappa shape index (κ1) is 18.9. The second-order valence-electron chi connectivity index (χ2n) is 5.67. The average molecular weight is 400 g/mol. The standard InChI is InChI=1S/C20H18ClN3O2S/c1-13(3-4-14-5-10-18(25)19(11-14)26-2)23-24-20-22-17(12-27-20)15-6-8-16(21)9-7-15/h3-12,25H,1-2H3,(H,22,24)/b4-3+,23-13+. The predicted molar refractivity (Wildman–Crippen MR) is 113 cm³/mol. The third-order valence-corrected chi connectivity index (χ3v) is 4.69. The van der Waals surface area contributed by atoms with E-state index in [-0.39, 0.29) is 5.75 Å². The molecule has 7 heteroatoms. The van der Waals surface area contributed by atoms with Crippen molar-refractivity contribution in [3.63, 3.8) is 0 Å². The van der Waals surface area contributed by atoms with E-state index in [0.29, 0.717) is 15.9 Å². The first-order chi connectivity index (χ1) is 13.0. The topological polar surface area (TPSA) is 66.7 Å². The highest BCUT2D eigenvalue weighted by molar-refractivity contribution is 7.14. The van der Waals surface area contributed by atoms with E-state index in [1.165, 1.54) is 18.4 Å². The maximum absolute atomic E-state index is 9.63. The number of aromatic hydroxyl groups is 1. The molecule has 0 aliphatic carbocycles. The molecule has 0 saturated carbocycles. The van der Waals surface area contributed by atoms with Crippen molar-refractivity contribution in [3.05, 3.63) is 64.5 Å². The van der Waals surface area contributed by atoms with Crippen LogP contribution in [0.3, 0.4) is 0 Å². The summed E-state index contributed by atoms with van der Waals surface area (Å²) in [6.45, 7) is 1.88. The minimum Gasteiger partial charge on any atom is -0.504 e. The summed E-state index contributed by atoms with van der Waals surface area (Å²) < 4.78 is 5.10. The van der Waals surface area contributed by atoms with Crippen molar-refractivity contribution in [2.24, 2.45) is 5.10 Å². The van der Waals surface area contributed by atoms with E-state index in [9.17, 15) is 5.11 Å². The zero-order valence-corrected chi connectivity index (χ0v) is 16.4. The van der Waals surface area contributed by atoms with Gasteiger partial charge in [0.15, 0.2) is 11.5 Å². The molecule has 0 fully saturated rings. The molecule has 1 aromatic heterocycles. The Hall–Kier alpha value is -2.83. The SMILES string of the molecule is COc1cc(/C=C/C(C)=N/Nc2nc(-c3ccc(Cl)cc3)cs2)ccc1O. The van der Waals surface area contributed by atoms with E-state index in [1.807, 2.05) is 48.7 Å². The first-order valence-electron chi connectivity index (χ1n) is 8.12. The van der Waals surface area contributed by atoms with Gasteiger partial charge in [-0.1, -0.05) is 35.9 Å². The van der Waals surface area contributed by atoms with Gasteiger partial charge in [-0.2, -0.15) is 5.10 Å². The smallest absolute Gasteiger partial charge is 0.203 e. The second-order valence-corrected chi connectivity index (χ2v) is 6.97. The number of rotatable bonds is 6. The van der Waals surface area contributed by atoms with Crippen LogP contribution in [0.4, 0.5) is 5.13 Å². The van der Waals surface area contributed by atoms with Crippen molar-refractivity contribution in [2.75, 3.05) is 12.5 Å². The number of benzene rings is 2. The second kappa shape index (κ2) is 8.70. The highest BCUT2D eigenvalue weighted by Gasteiger charge is 2.04. The van der Waals surface area contributed by atoms with E-state index in [1.54, 1.807) is 18.2 Å². The number of allylic oxidation sites excluding steroid dienone is 1. The molecule has 0 radical (unpaired) electrons. The Balaban J connectivity index is 1.64. The molecule has 3 aromatic rings. The molecule has 2 N–H and O–H groups in total. The van der Waals surface area contributed by atoms with Crippen molar-refractivity contribution in [1.82, 2.24) is 4.98 Å². The maximum atomic E-state index is 9.63. The van der Waals surface area contributed by atoms with Gasteiger partial charge in [-0.25, -0.2) is 4.98 Å². The summed E-state index contributed by atoms with van der Waals surface area (Å²) >= 11 is 7.39. The van der Waals surface area contributed by atoms with E-state index < -0.39 is 0 Å². The molecule has 138 valence electrons. The third-order valence-electron chi connectivity index (χ3n) is 3.69. The summed E-state index contributed by atoms with van der Waals surface area (Å²) in [5, 5.41) is 17.3. The summed E-state index contributed by atoms with van der Waals surface area (Å²) in [5.74, 6) is 0.546. The summed E-state index contributed by atoms with van der Waals surface area (Å²) in [6.07, 6.45) is 3.76. The monoisotopic (exact) mass is 399 g/mol. The minimum atomic E-state index is 0.113. The van der Waals surface area contributed by atoms with Gasteiger partial charge in [0.1, 0.15) is 0 Å². The van der Waals surface area contributed by atoms with Crippen molar-refractivity contribution in [1.29, 1.82) is 0 Å². The van der Waals surface area contributed by atoms with Gasteiger partial charge in [0, 0.05) is 16.0 Å². The number of nitrogens with zero attached hydrogens (tertiary/aromatic N) is 2. The Morgan fingerprint density at radius 2 is 2.04 bits per heavy atom. The molecule has 0 bridgehead atoms. The van der Waals surface area contributed by atoms with Crippen LogP contribution in [0.15, 0.2) is 59.0 Å². The Kier molecular flexibility index (Phi) is 6.11. The molecule has 3 rings (SSSR count). The molecule has 0 spiro atoms. The largest absolute Gasteiger partial charge is 0.504 e. The van der Waals surface area contributed by atoms with Crippen molar-refractivity contribution in [2.45, 2.75) is 6.92 Å². The van der Waals surface area contributed by atoms with Crippen LogP contribution < -0.4 is 10.2 Å². The molecule has 1 heterocycles. The van der Waals surface area contributed by atoms with Gasteiger partial charge in [-0.3, -0.25) is 5.43 Å². The predicted octanol–water partition coefficient (Wildman–Crippen LogP) is 5.68. The molecule has 0 atom stereocenters. The Morgan fingerprint density at radius 3 is 2.78 bits per heavy atom. The molecule has 0 saturated heterocycles. The summed E-state index contributed by atoms with van der Waals surface area (Å²) in [5.41, 5.74) is 6.53. The Labute approximate surface area is 166 Å². The number of hydrazone groups is 1. The lowest BCUT2D eigenvalue weighted by atomic mass is 10.2. The van der Waals surface area contributed by atoms with Gasteiger partial charge >= 0.3 is 0 Å². The Morgan fingerprint density at radius 1 is 1.26 bits per heavy atom. The van der Waals surface area contributed by atoms with E-state index in [4.69, 9.17) is 16.3 Å². The number of anilines is 1. The van der Waals surface area contributed by atoms with E-state index >= 15 is 0 Å². The molecule has 0 unspecified atom stereocenters. The number of aromatic nitrogens is 1. The lowest BCUT2D eigenvalue weighted by Gasteiger charge is -2.03. The fourth-order valence-electron chi connectivity index (χ4n) is 2.27. The number of hydrogen-bond donors (Lipinski definition) is 2. The summed E-state index contributed by atoms with van der Waals surface area (Å²) in [7, 11) is 1.52. The Bertz CT molecular complexity index is 981. The molecule has 5 nitrogen and oxygen atoms in total. The lowest BCUT2D eigenvalue weighted by Crippen LogP contribution is -1.94. The average Bonchev–Trinajstić information content (AvgIpc) is 3.15. The first-order valence-corrected chi connectivity index (χ1v) is 9.38.